The largest absolute Gasteiger partial charge is 0.298 e. The van der Waals surface area contributed by atoms with Crippen LogP contribution in [0.1, 0.15) is 48.8 Å². The Morgan fingerprint density at radius 1 is 1.14 bits per heavy atom. The number of aromatic nitrogens is 4. The number of Topliss-reactive ketones (excluding diaryl/α,β-unsaturated/α-hetero) is 1. The highest BCUT2D eigenvalue weighted by atomic mass is 35.5. The van der Waals surface area contributed by atoms with Crippen LogP contribution in [0.25, 0.3) is 11.3 Å². The Morgan fingerprint density at radius 2 is 1.86 bits per heavy atom. The second-order valence-electron chi connectivity index (χ2n) is 7.29. The second-order valence-corrected chi connectivity index (χ2v) is 7.55. The van der Waals surface area contributed by atoms with Crippen molar-refractivity contribution < 1.29 is 4.79 Å². The fourth-order valence-electron chi connectivity index (χ4n) is 2.96. The van der Waals surface area contributed by atoms with Gasteiger partial charge < -0.3 is 0 Å². The van der Waals surface area contributed by atoms with E-state index < -0.39 is 0 Å². The van der Waals surface area contributed by atoms with Gasteiger partial charge in [0.1, 0.15) is 11.6 Å². The molecular formula is C22H25ClN4O. The van der Waals surface area contributed by atoms with Gasteiger partial charge in [-0.3, -0.25) is 9.48 Å². The molecule has 0 radical (unpaired) electrons. The molecule has 3 aromatic rings. The van der Waals surface area contributed by atoms with Crippen LogP contribution in [0.3, 0.4) is 0 Å². The number of carbonyl (C=O) groups is 1. The van der Waals surface area contributed by atoms with E-state index in [1.165, 1.54) is 0 Å². The van der Waals surface area contributed by atoms with Gasteiger partial charge in [-0.05, 0) is 43.9 Å². The zero-order chi connectivity index (χ0) is 20.1. The van der Waals surface area contributed by atoms with Gasteiger partial charge in [0, 0.05) is 36.8 Å². The fourth-order valence-corrected chi connectivity index (χ4v) is 3.09. The number of ketones is 1. The molecule has 0 saturated heterocycles. The van der Waals surface area contributed by atoms with Gasteiger partial charge in [0.25, 0.3) is 0 Å². The van der Waals surface area contributed by atoms with Gasteiger partial charge in [-0.25, -0.2) is 9.97 Å². The van der Waals surface area contributed by atoms with E-state index in [4.69, 9.17) is 16.6 Å². The first-order valence-electron chi connectivity index (χ1n) is 9.48. The molecule has 3 rings (SSSR count). The van der Waals surface area contributed by atoms with Gasteiger partial charge in [0.2, 0.25) is 0 Å². The number of alkyl halides is 1. The van der Waals surface area contributed by atoms with E-state index in [1.807, 2.05) is 30.2 Å². The van der Waals surface area contributed by atoms with E-state index in [9.17, 15) is 4.79 Å². The van der Waals surface area contributed by atoms with Crippen molar-refractivity contribution in [1.29, 1.82) is 0 Å². The minimum absolute atomic E-state index is 0.0760. The normalized spacial score (nSPS) is 11.2. The Balaban J connectivity index is 1.73. The minimum Gasteiger partial charge on any atom is -0.298 e. The van der Waals surface area contributed by atoms with Crippen LogP contribution in [0, 0.1) is 6.92 Å². The summed E-state index contributed by atoms with van der Waals surface area (Å²) in [4.78, 5) is 20.6. The maximum atomic E-state index is 11.4. The molecule has 0 N–H and O–H groups in total. The van der Waals surface area contributed by atoms with Crippen molar-refractivity contribution in [3.63, 3.8) is 0 Å². The van der Waals surface area contributed by atoms with Crippen LogP contribution in [-0.4, -0.2) is 31.4 Å². The van der Waals surface area contributed by atoms with Crippen LogP contribution in [0.2, 0.25) is 0 Å². The standard InChI is InChI=1S/C22H25ClN4O/c1-15(2)27-14-19(13-25-27)22-16(3)12-24-21(26-22)10-18-6-4-17(5-7-18)8-9-20(28)11-23/h4-7,12-15H,8-11H2,1-3H3. The molecule has 0 amide bonds. The number of aryl methyl sites for hydroxylation is 2. The fraction of sp³-hybridized carbons (Fsp3) is 0.364. The third-order valence-electron chi connectivity index (χ3n) is 4.65. The summed E-state index contributed by atoms with van der Waals surface area (Å²) < 4.78 is 1.93. The van der Waals surface area contributed by atoms with E-state index in [0.29, 0.717) is 18.9 Å². The number of carbonyl (C=O) groups excluding carboxylic acids is 1. The molecule has 0 fully saturated rings. The molecule has 2 heterocycles. The first kappa shape index (κ1) is 20.2. The Labute approximate surface area is 170 Å². The van der Waals surface area contributed by atoms with E-state index in [0.717, 1.165) is 40.2 Å². The van der Waals surface area contributed by atoms with Crippen molar-refractivity contribution in [2.75, 3.05) is 5.88 Å². The van der Waals surface area contributed by atoms with Crippen molar-refractivity contribution in [3.8, 4) is 11.3 Å². The Bertz CT molecular complexity index is 947. The molecule has 6 heteroatoms. The Morgan fingerprint density at radius 3 is 2.50 bits per heavy atom. The summed E-state index contributed by atoms with van der Waals surface area (Å²) in [5, 5.41) is 4.42. The zero-order valence-electron chi connectivity index (χ0n) is 16.5. The van der Waals surface area contributed by atoms with Crippen molar-refractivity contribution in [2.24, 2.45) is 0 Å². The molecule has 1 aromatic carbocycles. The number of hydrogen-bond acceptors (Lipinski definition) is 4. The van der Waals surface area contributed by atoms with Crippen LogP contribution < -0.4 is 0 Å². The van der Waals surface area contributed by atoms with E-state index in [-0.39, 0.29) is 11.7 Å². The highest BCUT2D eigenvalue weighted by molar-refractivity contribution is 6.27. The molecule has 0 bridgehead atoms. The average molecular weight is 397 g/mol. The molecule has 28 heavy (non-hydrogen) atoms. The number of hydrogen-bond donors (Lipinski definition) is 0. The lowest BCUT2D eigenvalue weighted by Gasteiger charge is -2.07. The lowest BCUT2D eigenvalue weighted by Crippen LogP contribution is -2.02. The second kappa shape index (κ2) is 9.11. The van der Waals surface area contributed by atoms with Crippen molar-refractivity contribution in [3.05, 3.63) is 65.4 Å². The topological polar surface area (TPSA) is 60.7 Å². The summed E-state index contributed by atoms with van der Waals surface area (Å²) in [6, 6.07) is 8.56. The van der Waals surface area contributed by atoms with Crippen molar-refractivity contribution in [1.82, 2.24) is 19.7 Å². The van der Waals surface area contributed by atoms with E-state index in [2.05, 4.69) is 48.2 Å². The number of nitrogens with zero attached hydrogens (tertiary/aromatic N) is 4. The molecule has 0 unspecified atom stereocenters. The molecule has 0 saturated carbocycles. The van der Waals surface area contributed by atoms with Crippen molar-refractivity contribution >= 4 is 17.4 Å². The number of halogens is 1. The van der Waals surface area contributed by atoms with Gasteiger partial charge in [-0.15, -0.1) is 11.6 Å². The molecule has 0 aliphatic rings. The van der Waals surface area contributed by atoms with Gasteiger partial charge in [0.15, 0.2) is 0 Å². The lowest BCUT2D eigenvalue weighted by atomic mass is 10.0. The first-order chi connectivity index (χ1) is 13.5. The van der Waals surface area contributed by atoms with Gasteiger partial charge in [-0.2, -0.15) is 5.10 Å². The van der Waals surface area contributed by atoms with E-state index >= 15 is 0 Å². The molecule has 0 atom stereocenters. The number of benzene rings is 1. The zero-order valence-corrected chi connectivity index (χ0v) is 17.3. The summed E-state index contributed by atoms with van der Waals surface area (Å²) in [7, 11) is 0. The highest BCUT2D eigenvalue weighted by Gasteiger charge is 2.11. The lowest BCUT2D eigenvalue weighted by molar-refractivity contribution is -0.116. The van der Waals surface area contributed by atoms with Crippen LogP contribution in [0.5, 0.6) is 0 Å². The molecule has 2 aromatic heterocycles. The third kappa shape index (κ3) is 5.04. The molecule has 0 aliphatic carbocycles. The van der Waals surface area contributed by atoms with E-state index in [1.54, 1.807) is 0 Å². The van der Waals surface area contributed by atoms with Gasteiger partial charge in [-0.1, -0.05) is 24.3 Å². The van der Waals surface area contributed by atoms with Crippen LogP contribution in [0.4, 0.5) is 0 Å². The molecule has 5 nitrogen and oxygen atoms in total. The summed E-state index contributed by atoms with van der Waals surface area (Å²) in [6.07, 6.45) is 7.62. The number of rotatable bonds is 8. The molecular weight excluding hydrogens is 372 g/mol. The Hall–Kier alpha value is -2.53. The third-order valence-corrected chi connectivity index (χ3v) is 4.95. The maximum absolute atomic E-state index is 11.4. The van der Waals surface area contributed by atoms with Gasteiger partial charge in [0.05, 0.1) is 17.8 Å². The van der Waals surface area contributed by atoms with Gasteiger partial charge >= 0.3 is 0 Å². The average Bonchev–Trinajstić information content (AvgIpc) is 3.19. The van der Waals surface area contributed by atoms with Crippen LogP contribution in [0.15, 0.2) is 42.9 Å². The predicted octanol–water partition coefficient (Wildman–Crippen LogP) is 4.56. The maximum Gasteiger partial charge on any atom is 0.147 e. The predicted molar refractivity (Wildman–Crippen MR) is 112 cm³/mol. The minimum atomic E-state index is 0.0760. The molecule has 0 spiro atoms. The SMILES string of the molecule is Cc1cnc(Cc2ccc(CCC(=O)CCl)cc2)nc1-c1cnn(C(C)C)c1. The van der Waals surface area contributed by atoms with Crippen LogP contribution >= 0.6 is 11.6 Å². The monoisotopic (exact) mass is 396 g/mol. The summed E-state index contributed by atoms with van der Waals surface area (Å²) in [5.74, 6) is 0.941. The smallest absolute Gasteiger partial charge is 0.147 e. The first-order valence-corrected chi connectivity index (χ1v) is 10.0. The summed E-state index contributed by atoms with van der Waals surface area (Å²) >= 11 is 5.55. The molecule has 0 aliphatic heterocycles. The Kier molecular flexibility index (Phi) is 6.57. The quantitative estimate of drug-likeness (QED) is 0.523. The highest BCUT2D eigenvalue weighted by Crippen LogP contribution is 2.22. The van der Waals surface area contributed by atoms with Crippen molar-refractivity contribution in [2.45, 2.75) is 46.1 Å². The summed E-state index contributed by atoms with van der Waals surface area (Å²) in [5.41, 5.74) is 5.24. The van der Waals surface area contributed by atoms with Crippen LogP contribution in [-0.2, 0) is 17.6 Å². The molecule has 146 valence electrons. The summed E-state index contributed by atoms with van der Waals surface area (Å²) in [6.45, 7) is 6.22.